The molecular formula is C27H24FN3O4. The predicted octanol–water partition coefficient (Wildman–Crippen LogP) is 3.76. The van der Waals surface area contributed by atoms with Crippen LogP contribution in [-0.2, 0) is 4.74 Å². The smallest absolute Gasteiger partial charge is 0.256 e. The Morgan fingerprint density at radius 3 is 2.63 bits per heavy atom. The van der Waals surface area contributed by atoms with Crippen LogP contribution >= 0.6 is 0 Å². The monoisotopic (exact) mass is 473 g/mol. The van der Waals surface area contributed by atoms with Gasteiger partial charge in [0.25, 0.3) is 5.91 Å². The van der Waals surface area contributed by atoms with E-state index in [2.05, 4.69) is 10.2 Å². The van der Waals surface area contributed by atoms with E-state index in [-0.39, 0.29) is 10.9 Å². The number of halogens is 1. The zero-order chi connectivity index (χ0) is 24.1. The molecule has 6 rings (SSSR count). The molecule has 1 amide bonds. The fraction of sp³-hybridized carbons (Fsp3) is 0.259. The molecule has 7 nitrogen and oxygen atoms in total. The molecule has 3 heterocycles. The molecule has 0 saturated carbocycles. The van der Waals surface area contributed by atoms with Gasteiger partial charge in [-0.25, -0.2) is 4.39 Å². The number of benzene rings is 3. The van der Waals surface area contributed by atoms with Crippen molar-refractivity contribution in [3.05, 3.63) is 75.8 Å². The minimum absolute atomic E-state index is 0.0327. The molecule has 1 saturated heterocycles. The highest BCUT2D eigenvalue weighted by Crippen LogP contribution is 2.43. The van der Waals surface area contributed by atoms with Crippen LogP contribution in [0.3, 0.4) is 0 Å². The Hall–Kier alpha value is -3.75. The molecule has 178 valence electrons. The molecule has 0 radical (unpaired) electrons. The number of fused-ring (bicyclic) bond motifs is 3. The van der Waals surface area contributed by atoms with Gasteiger partial charge in [-0.1, -0.05) is 24.3 Å². The third-order valence-corrected chi connectivity index (χ3v) is 6.79. The molecule has 8 heteroatoms. The van der Waals surface area contributed by atoms with E-state index in [1.54, 1.807) is 17.7 Å². The molecule has 0 bridgehead atoms. The third-order valence-electron chi connectivity index (χ3n) is 6.79. The Morgan fingerprint density at radius 1 is 1.11 bits per heavy atom. The number of aromatic nitrogens is 1. The lowest BCUT2D eigenvalue weighted by Crippen LogP contribution is -2.42. The summed E-state index contributed by atoms with van der Waals surface area (Å²) in [6, 6.07) is 12.9. The second kappa shape index (κ2) is 8.48. The van der Waals surface area contributed by atoms with Gasteiger partial charge in [0.15, 0.2) is 11.5 Å². The molecule has 0 aliphatic carbocycles. The number of hydrogen-bond acceptors (Lipinski definition) is 5. The van der Waals surface area contributed by atoms with E-state index in [9.17, 15) is 14.0 Å². The van der Waals surface area contributed by atoms with Crippen molar-refractivity contribution in [3.63, 3.8) is 0 Å². The zero-order valence-corrected chi connectivity index (χ0v) is 19.3. The number of amides is 1. The first-order valence-corrected chi connectivity index (χ1v) is 11.7. The number of carbonyl (C=O) groups excluding carboxylic acids is 1. The van der Waals surface area contributed by atoms with Gasteiger partial charge in [-0.15, -0.1) is 0 Å². The number of hydrogen-bond donors (Lipinski definition) is 1. The third kappa shape index (κ3) is 3.66. The van der Waals surface area contributed by atoms with Crippen molar-refractivity contribution in [2.75, 3.05) is 39.4 Å². The molecule has 3 aromatic carbocycles. The molecule has 35 heavy (non-hydrogen) atoms. The average Bonchev–Trinajstić information content (AvgIpc) is 2.87. The van der Waals surface area contributed by atoms with Crippen LogP contribution in [0.1, 0.15) is 15.9 Å². The Morgan fingerprint density at radius 2 is 1.86 bits per heavy atom. The standard InChI is InChI=1S/C27H24FN3O4/c1-16-21(28)14-19-24-26(16)35-23-13-18-5-3-2-4-17(18)12-22(23)31(24)15-20(25(19)32)27(33)29-6-7-30-8-10-34-11-9-30/h2-5,12-15H,6-11H2,1H3,(H,29,33). The Labute approximate surface area is 200 Å². The van der Waals surface area contributed by atoms with Crippen molar-refractivity contribution in [3.8, 4) is 17.2 Å². The van der Waals surface area contributed by atoms with Crippen LogP contribution in [-0.4, -0.2) is 54.8 Å². The second-order valence-electron chi connectivity index (χ2n) is 8.93. The minimum Gasteiger partial charge on any atom is -0.453 e. The first kappa shape index (κ1) is 21.8. The van der Waals surface area contributed by atoms with Gasteiger partial charge < -0.3 is 19.4 Å². The van der Waals surface area contributed by atoms with Gasteiger partial charge in [-0.2, -0.15) is 0 Å². The molecule has 0 atom stereocenters. The highest BCUT2D eigenvalue weighted by Gasteiger charge is 2.27. The number of rotatable bonds is 4. The number of nitrogens with zero attached hydrogens (tertiary/aromatic N) is 2. The van der Waals surface area contributed by atoms with Crippen LogP contribution in [0.15, 0.2) is 53.5 Å². The van der Waals surface area contributed by atoms with E-state index >= 15 is 0 Å². The fourth-order valence-electron chi connectivity index (χ4n) is 4.83. The van der Waals surface area contributed by atoms with Crippen molar-refractivity contribution < 1.29 is 18.7 Å². The van der Waals surface area contributed by atoms with Gasteiger partial charge in [-0.05, 0) is 35.9 Å². The fourth-order valence-corrected chi connectivity index (χ4v) is 4.83. The van der Waals surface area contributed by atoms with Crippen molar-refractivity contribution in [2.45, 2.75) is 6.92 Å². The van der Waals surface area contributed by atoms with E-state index in [1.807, 2.05) is 36.4 Å². The molecule has 0 unspecified atom stereocenters. The van der Waals surface area contributed by atoms with E-state index < -0.39 is 17.2 Å². The zero-order valence-electron chi connectivity index (χ0n) is 19.3. The van der Waals surface area contributed by atoms with Crippen LogP contribution < -0.4 is 15.5 Å². The van der Waals surface area contributed by atoms with Crippen molar-refractivity contribution >= 4 is 27.6 Å². The lowest BCUT2D eigenvalue weighted by atomic mass is 10.0. The summed E-state index contributed by atoms with van der Waals surface area (Å²) in [5.41, 5.74) is 0.908. The van der Waals surface area contributed by atoms with Gasteiger partial charge in [-0.3, -0.25) is 14.5 Å². The maximum absolute atomic E-state index is 14.9. The molecule has 4 aromatic rings. The molecule has 2 aliphatic rings. The molecular weight excluding hydrogens is 449 g/mol. The molecule has 1 N–H and O–H groups in total. The summed E-state index contributed by atoms with van der Waals surface area (Å²) in [7, 11) is 0. The number of morpholine rings is 1. The molecule has 1 fully saturated rings. The number of nitrogens with one attached hydrogen (secondary N) is 1. The number of pyridine rings is 1. The van der Waals surface area contributed by atoms with Crippen LogP contribution in [0.4, 0.5) is 4.39 Å². The predicted molar refractivity (Wildman–Crippen MR) is 131 cm³/mol. The molecule has 2 aliphatic heterocycles. The number of carbonyl (C=O) groups is 1. The van der Waals surface area contributed by atoms with Crippen molar-refractivity contribution in [2.24, 2.45) is 0 Å². The lowest BCUT2D eigenvalue weighted by molar-refractivity contribution is 0.0383. The number of ether oxygens (including phenoxy) is 2. The maximum Gasteiger partial charge on any atom is 0.256 e. The van der Waals surface area contributed by atoms with Crippen molar-refractivity contribution in [1.29, 1.82) is 0 Å². The highest BCUT2D eigenvalue weighted by molar-refractivity contribution is 6.00. The first-order valence-electron chi connectivity index (χ1n) is 11.7. The summed E-state index contributed by atoms with van der Waals surface area (Å²) in [4.78, 5) is 28.6. The maximum atomic E-state index is 14.9. The summed E-state index contributed by atoms with van der Waals surface area (Å²) in [6.45, 7) is 5.65. The Balaban J connectivity index is 1.46. The lowest BCUT2D eigenvalue weighted by Gasteiger charge is -2.27. The first-order chi connectivity index (χ1) is 17.0. The van der Waals surface area contributed by atoms with E-state index in [4.69, 9.17) is 9.47 Å². The van der Waals surface area contributed by atoms with Gasteiger partial charge in [0.2, 0.25) is 5.43 Å². The van der Waals surface area contributed by atoms with Crippen LogP contribution in [0.5, 0.6) is 11.5 Å². The summed E-state index contributed by atoms with van der Waals surface area (Å²) in [5, 5.41) is 4.93. The topological polar surface area (TPSA) is 72.8 Å². The second-order valence-corrected chi connectivity index (χ2v) is 8.93. The molecule has 1 aromatic heterocycles. The Kier molecular flexibility index (Phi) is 5.27. The largest absolute Gasteiger partial charge is 0.453 e. The van der Waals surface area contributed by atoms with Gasteiger partial charge >= 0.3 is 0 Å². The van der Waals surface area contributed by atoms with Gasteiger partial charge in [0.1, 0.15) is 16.9 Å². The van der Waals surface area contributed by atoms with E-state index in [0.29, 0.717) is 54.6 Å². The summed E-state index contributed by atoms with van der Waals surface area (Å²) < 4.78 is 28.1. The average molecular weight is 474 g/mol. The Bertz CT molecular complexity index is 1560. The highest BCUT2D eigenvalue weighted by atomic mass is 19.1. The SMILES string of the molecule is Cc1c(F)cc2c(=O)c(C(=O)NCCN3CCOCC3)cn3c2c1Oc1cc2ccccc2cc1-3. The van der Waals surface area contributed by atoms with Gasteiger partial charge in [0.05, 0.1) is 24.3 Å². The summed E-state index contributed by atoms with van der Waals surface area (Å²) in [6.07, 6.45) is 1.55. The quantitative estimate of drug-likeness (QED) is 0.430. The summed E-state index contributed by atoms with van der Waals surface area (Å²) in [5.74, 6) is -0.205. The molecule has 0 spiro atoms. The summed E-state index contributed by atoms with van der Waals surface area (Å²) >= 11 is 0. The van der Waals surface area contributed by atoms with E-state index in [0.717, 1.165) is 23.9 Å². The normalized spacial score (nSPS) is 15.1. The van der Waals surface area contributed by atoms with Crippen molar-refractivity contribution in [1.82, 2.24) is 14.8 Å². The van der Waals surface area contributed by atoms with Gasteiger partial charge in [0, 0.05) is 37.9 Å². The van der Waals surface area contributed by atoms with E-state index in [1.165, 1.54) is 6.07 Å². The van der Waals surface area contributed by atoms with Crippen LogP contribution in [0, 0.1) is 12.7 Å². The minimum atomic E-state index is -0.551. The van der Waals surface area contributed by atoms with Crippen LogP contribution in [0.2, 0.25) is 0 Å². The van der Waals surface area contributed by atoms with Crippen LogP contribution in [0.25, 0.3) is 27.4 Å².